The maximum absolute atomic E-state index is 13.3. The summed E-state index contributed by atoms with van der Waals surface area (Å²) in [4.78, 5) is 25.1. The van der Waals surface area contributed by atoms with Gasteiger partial charge in [0.2, 0.25) is 5.78 Å². The molecule has 0 radical (unpaired) electrons. The number of halogens is 2. The molecule has 1 heterocycles. The number of hydrogen-bond acceptors (Lipinski definition) is 3. The first kappa shape index (κ1) is 19.2. The highest BCUT2D eigenvalue weighted by Gasteiger charge is 2.20. The minimum atomic E-state index is -0.821. The molecule has 1 aromatic carbocycles. The van der Waals surface area contributed by atoms with Crippen LogP contribution < -0.4 is 5.32 Å². The largest absolute Gasteiger partial charge is 0.327 e. The number of likely N-dealkylation sites (tertiary alicyclic amines) is 1. The third-order valence-corrected chi connectivity index (χ3v) is 4.60. The first-order valence-corrected chi connectivity index (χ1v) is 8.60. The maximum Gasteiger partial charge on any atom is 0.291 e. The number of piperidine rings is 1. The second-order valence-electron chi connectivity index (χ2n) is 6.46. The van der Waals surface area contributed by atoms with Crippen molar-refractivity contribution in [3.63, 3.8) is 0 Å². The van der Waals surface area contributed by atoms with E-state index < -0.39 is 23.3 Å². The zero-order valence-corrected chi connectivity index (χ0v) is 14.3. The lowest BCUT2D eigenvalue weighted by Gasteiger charge is -2.32. The van der Waals surface area contributed by atoms with Crippen molar-refractivity contribution in [1.82, 2.24) is 10.2 Å². The molecule has 0 aromatic heterocycles. The van der Waals surface area contributed by atoms with Crippen LogP contribution in [0, 0.1) is 17.6 Å². The number of carbonyl (C=O) groups excluding carboxylic acids is 2. The minimum Gasteiger partial charge on any atom is -0.327 e. The van der Waals surface area contributed by atoms with Crippen molar-refractivity contribution in [2.75, 3.05) is 13.1 Å². The van der Waals surface area contributed by atoms with Gasteiger partial charge >= 0.3 is 0 Å². The molecular weight excluding hydrogens is 326 g/mol. The predicted octanol–water partition coefficient (Wildman–Crippen LogP) is 3.18. The molecule has 1 fully saturated rings. The molecule has 1 amide bonds. The zero-order valence-electron chi connectivity index (χ0n) is 14.3. The van der Waals surface area contributed by atoms with Gasteiger partial charge in [-0.1, -0.05) is 12.6 Å². The Morgan fingerprint density at radius 3 is 2.60 bits per heavy atom. The molecule has 1 saturated heterocycles. The third kappa shape index (κ3) is 6.05. The number of rotatable bonds is 8. The van der Waals surface area contributed by atoms with Crippen molar-refractivity contribution in [2.45, 2.75) is 38.6 Å². The van der Waals surface area contributed by atoms with Crippen LogP contribution in [-0.4, -0.2) is 29.7 Å². The van der Waals surface area contributed by atoms with E-state index in [9.17, 15) is 18.4 Å². The lowest BCUT2D eigenvalue weighted by molar-refractivity contribution is -0.137. The average Bonchev–Trinajstić information content (AvgIpc) is 2.60. The Hall–Kier alpha value is -2.08. The van der Waals surface area contributed by atoms with Crippen LogP contribution in [0.5, 0.6) is 0 Å². The van der Waals surface area contributed by atoms with Crippen LogP contribution in [0.15, 0.2) is 31.0 Å². The van der Waals surface area contributed by atoms with Crippen LogP contribution in [0.2, 0.25) is 0 Å². The van der Waals surface area contributed by atoms with E-state index in [1.165, 1.54) is 12.3 Å². The van der Waals surface area contributed by atoms with Crippen LogP contribution in [-0.2, 0) is 16.1 Å². The van der Waals surface area contributed by atoms with Gasteiger partial charge in [0.1, 0.15) is 0 Å². The predicted molar refractivity (Wildman–Crippen MR) is 91.6 cm³/mol. The molecule has 0 aliphatic carbocycles. The second-order valence-corrected chi connectivity index (χ2v) is 6.46. The van der Waals surface area contributed by atoms with E-state index in [4.69, 9.17) is 0 Å². The average molecular weight is 350 g/mol. The number of ketones is 1. The molecule has 6 heteroatoms. The number of Topliss-reactive ketones (excluding diaryl/α,β-unsaturated/α-hetero) is 1. The standard InChI is InChI=1S/C19H24F2N2O2/c1-2-22-19(25)18(24)5-3-4-14-8-10-23(11-9-14)13-15-6-7-16(20)17(21)12-15/h2,6-7,12,14H,1,3-5,8-11,13H2,(H,22,25). The van der Waals surface area contributed by atoms with Gasteiger partial charge in [-0.05, 0) is 68.6 Å². The molecule has 1 N–H and O–H groups in total. The molecule has 136 valence electrons. The number of amides is 1. The third-order valence-electron chi connectivity index (χ3n) is 4.60. The summed E-state index contributed by atoms with van der Waals surface area (Å²) >= 11 is 0. The van der Waals surface area contributed by atoms with Crippen molar-refractivity contribution in [2.24, 2.45) is 5.92 Å². The first-order chi connectivity index (χ1) is 12.0. The molecule has 25 heavy (non-hydrogen) atoms. The number of nitrogens with zero attached hydrogens (tertiary/aromatic N) is 1. The van der Waals surface area contributed by atoms with Crippen LogP contribution in [0.25, 0.3) is 0 Å². The van der Waals surface area contributed by atoms with Gasteiger partial charge in [0.15, 0.2) is 11.6 Å². The lowest BCUT2D eigenvalue weighted by atomic mass is 9.91. The maximum atomic E-state index is 13.3. The first-order valence-electron chi connectivity index (χ1n) is 8.60. The normalized spacial score (nSPS) is 15.8. The van der Waals surface area contributed by atoms with Crippen molar-refractivity contribution >= 4 is 11.7 Å². The van der Waals surface area contributed by atoms with Gasteiger partial charge in [-0.15, -0.1) is 0 Å². The second kappa shape index (κ2) is 9.42. The summed E-state index contributed by atoms with van der Waals surface area (Å²) in [5.41, 5.74) is 0.774. The van der Waals surface area contributed by atoms with Gasteiger partial charge < -0.3 is 5.32 Å². The summed E-state index contributed by atoms with van der Waals surface area (Å²) in [6.07, 6.45) is 5.12. The SMILES string of the molecule is C=CNC(=O)C(=O)CCCC1CCN(Cc2ccc(F)c(F)c2)CC1. The number of benzene rings is 1. The fraction of sp³-hybridized carbons (Fsp3) is 0.474. The number of hydrogen-bond donors (Lipinski definition) is 1. The van der Waals surface area contributed by atoms with Gasteiger partial charge in [0.05, 0.1) is 0 Å². The highest BCUT2D eigenvalue weighted by Crippen LogP contribution is 2.24. The van der Waals surface area contributed by atoms with Gasteiger partial charge in [0.25, 0.3) is 5.91 Å². The lowest BCUT2D eigenvalue weighted by Crippen LogP contribution is -2.33. The van der Waals surface area contributed by atoms with Crippen molar-refractivity contribution in [3.05, 3.63) is 48.2 Å². The molecule has 1 aromatic rings. The Morgan fingerprint density at radius 2 is 1.96 bits per heavy atom. The molecule has 1 aliphatic heterocycles. The molecule has 0 unspecified atom stereocenters. The zero-order chi connectivity index (χ0) is 18.2. The highest BCUT2D eigenvalue weighted by atomic mass is 19.2. The summed E-state index contributed by atoms with van der Waals surface area (Å²) in [6, 6.07) is 4.03. The summed E-state index contributed by atoms with van der Waals surface area (Å²) in [5, 5.41) is 2.29. The van der Waals surface area contributed by atoms with E-state index >= 15 is 0 Å². The summed E-state index contributed by atoms with van der Waals surface area (Å²) in [6.45, 7) is 5.76. The van der Waals surface area contributed by atoms with Gasteiger partial charge in [-0.2, -0.15) is 0 Å². The molecule has 0 spiro atoms. The quantitative estimate of drug-likeness (QED) is 0.733. The summed E-state index contributed by atoms with van der Waals surface area (Å²) < 4.78 is 26.2. The minimum absolute atomic E-state index is 0.259. The molecule has 0 saturated carbocycles. The highest BCUT2D eigenvalue weighted by molar-refractivity contribution is 6.36. The molecule has 0 bridgehead atoms. The summed E-state index contributed by atoms with van der Waals surface area (Å²) in [7, 11) is 0. The fourth-order valence-corrected chi connectivity index (χ4v) is 3.17. The summed E-state index contributed by atoms with van der Waals surface area (Å²) in [5.74, 6) is -2.10. The molecule has 4 nitrogen and oxygen atoms in total. The van der Waals surface area contributed by atoms with Crippen LogP contribution in [0.1, 0.15) is 37.7 Å². The number of nitrogens with one attached hydrogen (secondary N) is 1. The van der Waals surface area contributed by atoms with E-state index in [1.54, 1.807) is 6.07 Å². The Kier molecular flexibility index (Phi) is 7.25. The molecular formula is C19H24F2N2O2. The van der Waals surface area contributed by atoms with Crippen LogP contribution in [0.3, 0.4) is 0 Å². The smallest absolute Gasteiger partial charge is 0.291 e. The monoisotopic (exact) mass is 350 g/mol. The van der Waals surface area contributed by atoms with E-state index in [0.717, 1.165) is 44.0 Å². The van der Waals surface area contributed by atoms with E-state index in [0.29, 0.717) is 18.9 Å². The van der Waals surface area contributed by atoms with Gasteiger partial charge in [0, 0.05) is 13.0 Å². The van der Waals surface area contributed by atoms with Crippen molar-refractivity contribution in [1.29, 1.82) is 0 Å². The molecule has 2 rings (SSSR count). The Labute approximate surface area is 146 Å². The van der Waals surface area contributed by atoms with Gasteiger partial charge in [-0.3, -0.25) is 14.5 Å². The van der Waals surface area contributed by atoms with Crippen molar-refractivity contribution < 1.29 is 18.4 Å². The molecule has 0 atom stereocenters. The van der Waals surface area contributed by atoms with Gasteiger partial charge in [-0.25, -0.2) is 8.78 Å². The Balaban J connectivity index is 1.67. The van der Waals surface area contributed by atoms with E-state index in [2.05, 4.69) is 16.8 Å². The number of carbonyl (C=O) groups is 2. The Bertz CT molecular complexity index is 626. The van der Waals surface area contributed by atoms with Crippen LogP contribution >= 0.6 is 0 Å². The molecule has 1 aliphatic rings. The van der Waals surface area contributed by atoms with E-state index in [1.807, 2.05) is 0 Å². The topological polar surface area (TPSA) is 49.4 Å². The van der Waals surface area contributed by atoms with Crippen LogP contribution in [0.4, 0.5) is 8.78 Å². The van der Waals surface area contributed by atoms with E-state index in [-0.39, 0.29) is 6.42 Å². The fourth-order valence-electron chi connectivity index (χ4n) is 3.17. The Morgan fingerprint density at radius 1 is 1.24 bits per heavy atom. The van der Waals surface area contributed by atoms with Crippen molar-refractivity contribution in [3.8, 4) is 0 Å².